The summed E-state index contributed by atoms with van der Waals surface area (Å²) in [6.07, 6.45) is 3.28. The number of nitrogens with zero attached hydrogens (tertiary/aromatic N) is 2. The molecule has 4 aromatic rings. The number of hydrogen-bond donors (Lipinski definition) is 4. The lowest BCUT2D eigenvalue weighted by Crippen LogP contribution is -2.60. The Balaban J connectivity index is 1.17. The van der Waals surface area contributed by atoms with E-state index in [1.807, 2.05) is 35.7 Å². The smallest absolute Gasteiger partial charge is 0.370 e. The Morgan fingerprint density at radius 3 is 2.56 bits per heavy atom. The number of thiophene rings is 1. The number of fused-ring (bicyclic) bond motifs is 2. The Morgan fingerprint density at radius 2 is 1.84 bits per heavy atom. The van der Waals surface area contributed by atoms with Gasteiger partial charge in [-0.25, -0.2) is 4.98 Å². The van der Waals surface area contributed by atoms with E-state index in [9.17, 15) is 23.7 Å². The van der Waals surface area contributed by atoms with Gasteiger partial charge < -0.3 is 35.6 Å². The van der Waals surface area contributed by atoms with Crippen LogP contribution in [0.5, 0.6) is 0 Å². The molecule has 2 saturated heterocycles. The van der Waals surface area contributed by atoms with Gasteiger partial charge in [-0.3, -0.25) is 23.7 Å². The number of thiazole rings is 1. The zero-order chi connectivity index (χ0) is 40.7. The van der Waals surface area contributed by atoms with Gasteiger partial charge >= 0.3 is 13.3 Å². The number of primary amides is 1. The number of rotatable bonds is 17. The summed E-state index contributed by atoms with van der Waals surface area (Å²) in [4.78, 5) is 60.2. The highest BCUT2D eigenvalue weighted by molar-refractivity contribution is 7.54. The topological polar surface area (TPSA) is 182 Å². The predicted molar refractivity (Wildman–Crippen MR) is 214 cm³/mol. The van der Waals surface area contributed by atoms with Crippen LogP contribution in [0.15, 0.2) is 60.0 Å². The van der Waals surface area contributed by atoms with Crippen LogP contribution in [-0.2, 0) is 40.1 Å². The molecule has 57 heavy (non-hydrogen) atoms. The molecule has 0 radical (unpaired) electrons. The van der Waals surface area contributed by atoms with Crippen molar-refractivity contribution < 1.29 is 41.6 Å². The summed E-state index contributed by atoms with van der Waals surface area (Å²) < 4.78 is 54.5. The van der Waals surface area contributed by atoms with E-state index in [0.29, 0.717) is 60.2 Å². The van der Waals surface area contributed by atoms with Crippen LogP contribution in [0.3, 0.4) is 0 Å². The molecule has 0 saturated carbocycles. The number of nitrogens with two attached hydrogens (primary N) is 1. The van der Waals surface area contributed by atoms with E-state index >= 15 is 8.78 Å². The van der Waals surface area contributed by atoms with Gasteiger partial charge in [0.1, 0.15) is 17.1 Å². The van der Waals surface area contributed by atoms with Crippen LogP contribution < -0.4 is 21.7 Å². The number of amides is 4. The van der Waals surface area contributed by atoms with Crippen LogP contribution in [-0.4, -0.2) is 77.9 Å². The molecule has 0 aliphatic carbocycles. The third kappa shape index (κ3) is 9.78. The summed E-state index contributed by atoms with van der Waals surface area (Å²) in [5.74, 6) is -1.78. The van der Waals surface area contributed by atoms with Gasteiger partial charge in [-0.15, -0.1) is 22.7 Å². The maximum atomic E-state index is 15.5. The lowest BCUT2D eigenvalue weighted by molar-refractivity contribution is -0.142. The van der Waals surface area contributed by atoms with Gasteiger partial charge in [0.2, 0.25) is 17.7 Å². The van der Waals surface area contributed by atoms with E-state index in [-0.39, 0.29) is 43.0 Å². The maximum Gasteiger partial charge on any atom is 0.404 e. The van der Waals surface area contributed by atoms with Gasteiger partial charge in [-0.2, -0.15) is 8.78 Å². The highest BCUT2D eigenvalue weighted by atomic mass is 32.1. The summed E-state index contributed by atoms with van der Waals surface area (Å²) in [5, 5.41) is 12.1. The second-order valence-electron chi connectivity index (χ2n) is 14.0. The van der Waals surface area contributed by atoms with Crippen molar-refractivity contribution in [1.82, 2.24) is 25.8 Å². The zero-order valence-electron chi connectivity index (χ0n) is 31.7. The average Bonchev–Trinajstić information content (AvgIpc) is 3.93. The van der Waals surface area contributed by atoms with Crippen LogP contribution >= 0.6 is 30.3 Å². The zero-order valence-corrected chi connectivity index (χ0v) is 34.2. The van der Waals surface area contributed by atoms with Crippen molar-refractivity contribution in [3.8, 4) is 0 Å². The molecule has 4 amide bonds. The Bertz CT molecular complexity index is 2110. The molecule has 0 unspecified atom stereocenters. The quantitative estimate of drug-likeness (QED) is 0.0897. The second-order valence-corrected chi connectivity index (χ2v) is 18.1. The van der Waals surface area contributed by atoms with Crippen LogP contribution in [0.2, 0.25) is 0 Å². The molecule has 2 fully saturated rings. The fraction of sp³-hybridized carbons (Fsp3) is 0.462. The Kier molecular flexibility index (Phi) is 13.9. The largest absolute Gasteiger partial charge is 0.404 e. The van der Waals surface area contributed by atoms with Crippen molar-refractivity contribution in [2.45, 2.75) is 88.6 Å². The van der Waals surface area contributed by atoms with Gasteiger partial charge in [0.25, 0.3) is 5.91 Å². The molecular formula is C39H47F2N6O7PS2. The normalized spacial score (nSPS) is 19.5. The second kappa shape index (κ2) is 18.6. The van der Waals surface area contributed by atoms with Crippen LogP contribution in [0, 0.1) is 0 Å². The van der Waals surface area contributed by atoms with Gasteiger partial charge in [0.15, 0.2) is 0 Å². The minimum atomic E-state index is -4.84. The molecule has 2 aliphatic heterocycles. The van der Waals surface area contributed by atoms with Crippen LogP contribution in [0.4, 0.5) is 8.78 Å². The lowest BCUT2D eigenvalue weighted by atomic mass is 10.1. The first-order chi connectivity index (χ1) is 27.3. The number of halogens is 2. The highest BCUT2D eigenvalue weighted by Gasteiger charge is 2.55. The number of alkyl halides is 2. The van der Waals surface area contributed by atoms with Crippen molar-refractivity contribution in [2.75, 3.05) is 26.3 Å². The van der Waals surface area contributed by atoms with Gasteiger partial charge in [-0.05, 0) is 81.6 Å². The molecule has 2 aromatic carbocycles. The fourth-order valence-corrected chi connectivity index (χ4v) is 10.7. The molecule has 6 rings (SSSR count). The maximum absolute atomic E-state index is 15.5. The van der Waals surface area contributed by atoms with E-state index in [2.05, 4.69) is 16.0 Å². The first-order valence-electron chi connectivity index (χ1n) is 19.0. The third-order valence-electron chi connectivity index (χ3n) is 10.0. The summed E-state index contributed by atoms with van der Waals surface area (Å²) >= 11 is 2.48. The molecule has 2 aliphatic rings. The van der Waals surface area contributed by atoms with E-state index in [4.69, 9.17) is 19.8 Å². The SMILES string of the molecule is CCOP(=O)(OCC)C(F)(F)c1ccc2sc(C(=O)N[C@H]3CNCC[C@H]4CC[C@@H](C(=O)N[C@@H](CCCC(N)=O)c5nc(Cc6ccccc6)cs5)N4C3=O)cc2c1. The van der Waals surface area contributed by atoms with E-state index in [0.717, 1.165) is 34.7 Å². The first-order valence-corrected chi connectivity index (χ1v) is 22.3. The van der Waals surface area contributed by atoms with Crippen molar-refractivity contribution in [2.24, 2.45) is 5.73 Å². The van der Waals surface area contributed by atoms with E-state index in [1.165, 1.54) is 37.3 Å². The highest BCUT2D eigenvalue weighted by Crippen LogP contribution is 2.67. The van der Waals surface area contributed by atoms with Crippen LogP contribution in [0.25, 0.3) is 10.1 Å². The molecule has 4 atom stereocenters. The Labute approximate surface area is 337 Å². The van der Waals surface area contributed by atoms with Crippen molar-refractivity contribution >= 4 is 64.0 Å². The minimum Gasteiger partial charge on any atom is -0.370 e. The summed E-state index contributed by atoms with van der Waals surface area (Å²) in [7, 11) is -4.84. The Hall–Kier alpha value is -4.12. The number of benzene rings is 2. The van der Waals surface area contributed by atoms with E-state index in [1.54, 1.807) is 4.90 Å². The standard InChI is InChI=1S/C39H47F2N6O7PS2/c1-3-53-55(52,54-4-2)39(40,41)26-13-16-32-25(20-26)21-33(57-32)36(50)46-30-22-43-18-17-28-14-15-31(47(28)38(30)51)35(49)45-29(11-8-12-34(42)48)37-44-27(23-56-37)19-24-9-6-5-7-10-24/h5-7,9-10,13,16,20-21,23,28-31,43H,3-4,8,11-12,14-15,17-19,22H2,1-2H3,(H2,42,48)(H,45,49)(H,46,50)/t28-,29+,30+,31+/m1/s1. The monoisotopic (exact) mass is 844 g/mol. The van der Waals surface area contributed by atoms with Gasteiger partial charge in [0, 0.05) is 41.1 Å². The van der Waals surface area contributed by atoms with Gasteiger partial charge in [-0.1, -0.05) is 36.4 Å². The minimum absolute atomic E-state index is 0.118. The van der Waals surface area contributed by atoms with Crippen LogP contribution in [0.1, 0.15) is 89.9 Å². The summed E-state index contributed by atoms with van der Waals surface area (Å²) in [5.41, 5.74) is 2.85. The van der Waals surface area contributed by atoms with Crippen molar-refractivity contribution in [3.05, 3.63) is 86.7 Å². The number of carbonyl (C=O) groups is 4. The Morgan fingerprint density at radius 1 is 1.09 bits per heavy atom. The number of carbonyl (C=O) groups excluding carboxylic acids is 4. The molecule has 13 nitrogen and oxygen atoms in total. The number of aromatic nitrogens is 1. The molecule has 0 bridgehead atoms. The molecule has 5 N–H and O–H groups in total. The van der Waals surface area contributed by atoms with Gasteiger partial charge in [0.05, 0.1) is 29.8 Å². The summed E-state index contributed by atoms with van der Waals surface area (Å²) in [6, 6.07) is 12.5. The molecular weight excluding hydrogens is 798 g/mol. The lowest BCUT2D eigenvalue weighted by Gasteiger charge is -2.35. The molecule has 18 heteroatoms. The fourth-order valence-electron chi connectivity index (χ4n) is 7.30. The van der Waals surface area contributed by atoms with Crippen molar-refractivity contribution in [3.63, 3.8) is 0 Å². The average molecular weight is 845 g/mol. The number of nitrogens with one attached hydrogen (secondary N) is 3. The first kappa shape index (κ1) is 42.5. The molecule has 0 spiro atoms. The molecule has 4 heterocycles. The molecule has 2 aromatic heterocycles. The van der Waals surface area contributed by atoms with Crippen molar-refractivity contribution in [1.29, 1.82) is 0 Å². The number of hydrogen-bond acceptors (Lipinski definition) is 11. The summed E-state index contributed by atoms with van der Waals surface area (Å²) in [6.45, 7) is 3.09. The predicted octanol–water partition coefficient (Wildman–Crippen LogP) is 6.23. The third-order valence-corrected chi connectivity index (χ3v) is 14.3. The van der Waals surface area contributed by atoms with E-state index < -0.39 is 54.7 Å². The molecule has 306 valence electrons.